The van der Waals surface area contributed by atoms with Gasteiger partial charge in [0.15, 0.2) is 0 Å². The van der Waals surface area contributed by atoms with Crippen molar-refractivity contribution in [3.05, 3.63) is 48.2 Å². The van der Waals surface area contributed by atoms with E-state index in [0.29, 0.717) is 18.8 Å². The lowest BCUT2D eigenvalue weighted by molar-refractivity contribution is -0.141. The standard InChI is InChI=1S/C18H17F4N5O/c19-11-2-1-3-12(4-11)25-17(28)9-27-13-5-14(27)8-26(7-13)16-6-15(18(20,21)22)23-10-24-16/h1-4,6,10,13-14H,5,7-9H2,(H,25,28). The minimum atomic E-state index is -4.52. The van der Waals surface area contributed by atoms with E-state index in [4.69, 9.17) is 0 Å². The molecule has 5 rings (SSSR count). The highest BCUT2D eigenvalue weighted by molar-refractivity contribution is 5.92. The number of hydrogen-bond donors (Lipinski definition) is 1. The van der Waals surface area contributed by atoms with Gasteiger partial charge in [0, 0.05) is 36.9 Å². The van der Waals surface area contributed by atoms with Gasteiger partial charge in [0.1, 0.15) is 23.7 Å². The first-order valence-corrected chi connectivity index (χ1v) is 8.75. The molecular formula is C18H17F4N5O. The first kappa shape index (κ1) is 18.6. The van der Waals surface area contributed by atoms with Gasteiger partial charge in [-0.15, -0.1) is 0 Å². The molecule has 1 amide bonds. The number of hydrogen-bond acceptors (Lipinski definition) is 5. The van der Waals surface area contributed by atoms with Crippen LogP contribution in [0.2, 0.25) is 0 Å². The van der Waals surface area contributed by atoms with Gasteiger partial charge in [-0.3, -0.25) is 9.69 Å². The Balaban J connectivity index is 1.36. The van der Waals surface area contributed by atoms with Crippen molar-refractivity contribution in [2.24, 2.45) is 0 Å². The van der Waals surface area contributed by atoms with Gasteiger partial charge in [-0.2, -0.15) is 13.2 Å². The van der Waals surface area contributed by atoms with E-state index in [1.807, 2.05) is 4.90 Å². The summed E-state index contributed by atoms with van der Waals surface area (Å²) in [7, 11) is 0. The van der Waals surface area contributed by atoms with E-state index in [1.54, 1.807) is 11.0 Å². The highest BCUT2D eigenvalue weighted by Gasteiger charge is 2.45. The number of benzene rings is 1. The first-order chi connectivity index (χ1) is 13.3. The second kappa shape index (κ2) is 7.01. The summed E-state index contributed by atoms with van der Waals surface area (Å²) >= 11 is 0. The van der Waals surface area contributed by atoms with Crippen LogP contribution in [0.25, 0.3) is 0 Å². The zero-order chi connectivity index (χ0) is 19.9. The molecule has 28 heavy (non-hydrogen) atoms. The van der Waals surface area contributed by atoms with Gasteiger partial charge in [-0.1, -0.05) is 6.07 Å². The van der Waals surface area contributed by atoms with Gasteiger partial charge in [-0.25, -0.2) is 14.4 Å². The highest BCUT2D eigenvalue weighted by atomic mass is 19.4. The van der Waals surface area contributed by atoms with E-state index >= 15 is 0 Å². The fourth-order valence-electron chi connectivity index (χ4n) is 3.74. The molecule has 2 atom stereocenters. The lowest BCUT2D eigenvalue weighted by atomic mass is 9.87. The van der Waals surface area contributed by atoms with E-state index in [2.05, 4.69) is 15.3 Å². The maximum absolute atomic E-state index is 13.2. The fourth-order valence-corrected chi connectivity index (χ4v) is 3.74. The lowest BCUT2D eigenvalue weighted by Crippen LogP contribution is -2.69. The quantitative estimate of drug-likeness (QED) is 0.807. The Morgan fingerprint density at radius 2 is 1.93 bits per heavy atom. The Bertz CT molecular complexity index is 878. The molecule has 1 N–H and O–H groups in total. The number of fused-ring (bicyclic) bond motifs is 2. The topological polar surface area (TPSA) is 61.4 Å². The van der Waals surface area contributed by atoms with Crippen LogP contribution in [-0.2, 0) is 11.0 Å². The van der Waals surface area contributed by atoms with Crippen LogP contribution in [-0.4, -0.2) is 52.5 Å². The summed E-state index contributed by atoms with van der Waals surface area (Å²) in [6.45, 7) is 1.12. The van der Waals surface area contributed by atoms with Crippen LogP contribution in [0.4, 0.5) is 29.1 Å². The van der Waals surface area contributed by atoms with Crippen molar-refractivity contribution < 1.29 is 22.4 Å². The van der Waals surface area contributed by atoms with Crippen LogP contribution in [0.5, 0.6) is 0 Å². The maximum Gasteiger partial charge on any atom is 0.433 e. The number of piperazine rings is 1. The molecule has 0 saturated carbocycles. The minimum absolute atomic E-state index is 0.0568. The predicted octanol–water partition coefficient (Wildman–Crippen LogP) is 2.54. The van der Waals surface area contributed by atoms with E-state index in [9.17, 15) is 22.4 Å². The summed E-state index contributed by atoms with van der Waals surface area (Å²) in [5.74, 6) is -0.451. The SMILES string of the molecule is O=C(CN1C2CC1CN(c1cc(C(F)(F)F)ncn1)C2)Nc1cccc(F)c1. The lowest BCUT2D eigenvalue weighted by Gasteiger charge is -2.56. The molecule has 4 heterocycles. The second-order valence-corrected chi connectivity index (χ2v) is 6.94. The zero-order valence-electron chi connectivity index (χ0n) is 14.7. The summed E-state index contributed by atoms with van der Waals surface area (Å²) in [6.07, 6.45) is -2.72. The molecule has 6 nitrogen and oxygen atoms in total. The van der Waals surface area contributed by atoms with Crippen LogP contribution in [0.3, 0.4) is 0 Å². The van der Waals surface area contributed by atoms with Crippen molar-refractivity contribution in [1.82, 2.24) is 14.9 Å². The van der Waals surface area contributed by atoms with Crippen molar-refractivity contribution in [3.63, 3.8) is 0 Å². The molecule has 2 bridgehead atoms. The average molecular weight is 395 g/mol. The number of nitrogens with one attached hydrogen (secondary N) is 1. The number of alkyl halides is 3. The molecule has 3 fully saturated rings. The van der Waals surface area contributed by atoms with Crippen molar-refractivity contribution in [2.45, 2.75) is 24.7 Å². The Morgan fingerprint density at radius 3 is 2.61 bits per heavy atom. The number of rotatable bonds is 4. The molecule has 3 saturated heterocycles. The Kier molecular flexibility index (Phi) is 4.66. The number of halogens is 4. The monoisotopic (exact) mass is 395 g/mol. The molecule has 10 heteroatoms. The molecule has 0 radical (unpaired) electrons. The first-order valence-electron chi connectivity index (χ1n) is 8.75. The number of nitrogens with zero attached hydrogens (tertiary/aromatic N) is 4. The Hall–Kier alpha value is -2.75. The van der Waals surface area contributed by atoms with Crippen molar-refractivity contribution in [2.75, 3.05) is 29.9 Å². The molecule has 1 aromatic carbocycles. The third kappa shape index (κ3) is 3.77. The summed E-state index contributed by atoms with van der Waals surface area (Å²) < 4.78 is 51.7. The number of carbonyl (C=O) groups excluding carboxylic acids is 1. The van der Waals surface area contributed by atoms with Gasteiger partial charge < -0.3 is 10.2 Å². The fraction of sp³-hybridized carbons (Fsp3) is 0.389. The van der Waals surface area contributed by atoms with Crippen LogP contribution in [0.1, 0.15) is 12.1 Å². The minimum Gasteiger partial charge on any atom is -0.353 e. The summed E-state index contributed by atoms with van der Waals surface area (Å²) in [5.41, 5.74) is -0.582. The third-order valence-electron chi connectivity index (χ3n) is 5.05. The molecule has 2 unspecified atom stereocenters. The van der Waals surface area contributed by atoms with Crippen LogP contribution >= 0.6 is 0 Å². The highest BCUT2D eigenvalue weighted by Crippen LogP contribution is 2.35. The maximum atomic E-state index is 13.2. The number of carbonyl (C=O) groups is 1. The van der Waals surface area contributed by atoms with Crippen LogP contribution < -0.4 is 10.2 Å². The van der Waals surface area contributed by atoms with E-state index in [1.165, 1.54) is 18.2 Å². The van der Waals surface area contributed by atoms with Crippen molar-refractivity contribution >= 4 is 17.4 Å². The molecule has 2 aromatic rings. The van der Waals surface area contributed by atoms with Gasteiger partial charge in [0.05, 0.1) is 6.54 Å². The third-order valence-corrected chi connectivity index (χ3v) is 5.05. The van der Waals surface area contributed by atoms with E-state index in [-0.39, 0.29) is 30.4 Å². The van der Waals surface area contributed by atoms with Gasteiger partial charge in [0.25, 0.3) is 0 Å². The Morgan fingerprint density at radius 1 is 1.18 bits per heavy atom. The molecule has 3 aliphatic rings. The second-order valence-electron chi connectivity index (χ2n) is 6.94. The number of piperidine rings is 1. The van der Waals surface area contributed by atoms with E-state index < -0.39 is 17.7 Å². The largest absolute Gasteiger partial charge is 0.433 e. The number of amides is 1. The smallest absolute Gasteiger partial charge is 0.353 e. The normalized spacial score (nSPS) is 21.9. The van der Waals surface area contributed by atoms with Gasteiger partial charge in [-0.05, 0) is 24.6 Å². The zero-order valence-corrected chi connectivity index (χ0v) is 14.7. The van der Waals surface area contributed by atoms with Crippen LogP contribution in [0.15, 0.2) is 36.7 Å². The molecular weight excluding hydrogens is 378 g/mol. The number of aromatic nitrogens is 2. The predicted molar refractivity (Wildman–Crippen MR) is 93.2 cm³/mol. The van der Waals surface area contributed by atoms with E-state index in [0.717, 1.165) is 18.8 Å². The number of anilines is 2. The summed E-state index contributed by atoms with van der Waals surface area (Å²) in [4.78, 5) is 23.3. The average Bonchev–Trinajstić information content (AvgIpc) is 2.66. The van der Waals surface area contributed by atoms with Crippen molar-refractivity contribution in [3.8, 4) is 0 Å². The molecule has 0 aliphatic carbocycles. The molecule has 0 spiro atoms. The van der Waals surface area contributed by atoms with Crippen LogP contribution in [0, 0.1) is 5.82 Å². The van der Waals surface area contributed by atoms with Gasteiger partial charge >= 0.3 is 6.18 Å². The molecule has 3 aliphatic heterocycles. The Labute approximate surface area is 158 Å². The summed E-state index contributed by atoms with van der Waals surface area (Å²) in [6, 6.07) is 6.71. The van der Waals surface area contributed by atoms with Gasteiger partial charge in [0.2, 0.25) is 5.91 Å². The molecule has 1 aromatic heterocycles. The molecule has 148 valence electrons. The van der Waals surface area contributed by atoms with Crippen molar-refractivity contribution in [1.29, 1.82) is 0 Å². The summed E-state index contributed by atoms with van der Waals surface area (Å²) in [5, 5.41) is 2.66.